The van der Waals surface area contributed by atoms with E-state index in [1.165, 1.54) is 25.6 Å². The highest BCUT2D eigenvalue weighted by molar-refractivity contribution is 7.91. The fourth-order valence-corrected chi connectivity index (χ4v) is 3.25. The molecule has 4 heteroatoms. The minimum absolute atomic E-state index is 0.0713. The van der Waals surface area contributed by atoms with Gasteiger partial charge in [-0.05, 0) is 44.7 Å². The third kappa shape index (κ3) is 2.70. The van der Waals surface area contributed by atoms with Crippen molar-refractivity contribution in [2.45, 2.75) is 30.9 Å². The maximum Gasteiger partial charge on any atom is 0.150 e. The molecule has 1 aliphatic heterocycles. The number of nitrogens with zero attached hydrogens (tertiary/aromatic N) is 1. The molecule has 1 saturated carbocycles. The Hall–Kier alpha value is -0.0900. The summed E-state index contributed by atoms with van der Waals surface area (Å²) in [5, 5.41) is -0.0713. The van der Waals surface area contributed by atoms with E-state index in [1.54, 1.807) is 0 Å². The van der Waals surface area contributed by atoms with E-state index >= 15 is 0 Å². The van der Waals surface area contributed by atoms with E-state index in [4.69, 9.17) is 0 Å². The monoisotopic (exact) mass is 217 g/mol. The van der Waals surface area contributed by atoms with Crippen LogP contribution in [0.15, 0.2) is 0 Å². The van der Waals surface area contributed by atoms with Gasteiger partial charge in [0, 0.05) is 12.8 Å². The summed E-state index contributed by atoms with van der Waals surface area (Å²) in [7, 11) is -2.79. The van der Waals surface area contributed by atoms with Crippen LogP contribution in [0, 0.1) is 5.92 Å². The number of sulfone groups is 1. The van der Waals surface area contributed by atoms with Gasteiger partial charge in [-0.15, -0.1) is 0 Å². The summed E-state index contributed by atoms with van der Waals surface area (Å²) >= 11 is 0. The van der Waals surface area contributed by atoms with Crippen LogP contribution in [0.2, 0.25) is 0 Å². The SMILES string of the molecule is CS(=O)(=O)C1CCN(CC2CC2)CC1. The zero-order valence-corrected chi connectivity index (χ0v) is 9.59. The Kier molecular flexibility index (Phi) is 2.84. The zero-order valence-electron chi connectivity index (χ0n) is 8.78. The Morgan fingerprint density at radius 1 is 1.14 bits per heavy atom. The number of hydrogen-bond donors (Lipinski definition) is 0. The minimum atomic E-state index is -2.79. The molecule has 0 aromatic rings. The highest BCUT2D eigenvalue weighted by atomic mass is 32.2. The van der Waals surface area contributed by atoms with Crippen LogP contribution in [0.3, 0.4) is 0 Å². The molecule has 2 fully saturated rings. The molecule has 1 aliphatic carbocycles. The Labute approximate surface area is 86.4 Å². The summed E-state index contributed by atoms with van der Waals surface area (Å²) in [6.45, 7) is 3.17. The van der Waals surface area contributed by atoms with Crippen molar-refractivity contribution in [3.8, 4) is 0 Å². The first-order valence-corrected chi connectivity index (χ1v) is 7.42. The minimum Gasteiger partial charge on any atom is -0.303 e. The van der Waals surface area contributed by atoms with E-state index < -0.39 is 9.84 Å². The first-order valence-electron chi connectivity index (χ1n) is 5.47. The van der Waals surface area contributed by atoms with Gasteiger partial charge >= 0.3 is 0 Å². The fourth-order valence-electron chi connectivity index (χ4n) is 2.19. The van der Waals surface area contributed by atoms with Crippen molar-refractivity contribution in [2.75, 3.05) is 25.9 Å². The Morgan fingerprint density at radius 3 is 2.14 bits per heavy atom. The van der Waals surface area contributed by atoms with Gasteiger partial charge in [0.15, 0.2) is 0 Å². The molecule has 0 amide bonds. The summed E-state index contributed by atoms with van der Waals surface area (Å²) in [6, 6.07) is 0. The molecule has 2 aliphatic rings. The zero-order chi connectivity index (χ0) is 10.2. The first kappa shape index (κ1) is 10.4. The lowest BCUT2D eigenvalue weighted by Gasteiger charge is -2.30. The number of rotatable bonds is 3. The Balaban J connectivity index is 1.79. The first-order chi connectivity index (χ1) is 6.55. The van der Waals surface area contributed by atoms with Crippen molar-refractivity contribution >= 4 is 9.84 Å². The summed E-state index contributed by atoms with van der Waals surface area (Å²) in [5.41, 5.74) is 0. The molecule has 3 nitrogen and oxygen atoms in total. The summed E-state index contributed by atoms with van der Waals surface area (Å²) in [4.78, 5) is 2.43. The highest BCUT2D eigenvalue weighted by Gasteiger charge is 2.30. The molecule has 0 aromatic carbocycles. The molecule has 0 aromatic heterocycles. The van der Waals surface area contributed by atoms with Crippen LogP contribution in [0.1, 0.15) is 25.7 Å². The average Bonchev–Trinajstić information content (AvgIpc) is 2.88. The van der Waals surface area contributed by atoms with Crippen LogP contribution in [0.4, 0.5) is 0 Å². The normalized spacial score (nSPS) is 26.6. The predicted molar refractivity (Wildman–Crippen MR) is 57.0 cm³/mol. The molecule has 0 atom stereocenters. The number of likely N-dealkylation sites (tertiary alicyclic amines) is 1. The van der Waals surface area contributed by atoms with Gasteiger partial charge in [-0.2, -0.15) is 0 Å². The largest absolute Gasteiger partial charge is 0.303 e. The molecule has 0 radical (unpaired) electrons. The second kappa shape index (κ2) is 3.81. The molecule has 0 bridgehead atoms. The molecule has 0 N–H and O–H groups in total. The van der Waals surface area contributed by atoms with Crippen molar-refractivity contribution in [2.24, 2.45) is 5.92 Å². The molecular formula is C10H19NO2S. The third-order valence-corrected chi connectivity index (χ3v) is 5.04. The topological polar surface area (TPSA) is 37.4 Å². The maximum absolute atomic E-state index is 11.3. The second-order valence-corrected chi connectivity index (χ2v) is 7.10. The molecular weight excluding hydrogens is 198 g/mol. The third-order valence-electron chi connectivity index (χ3n) is 3.35. The van der Waals surface area contributed by atoms with Crippen molar-refractivity contribution in [1.82, 2.24) is 4.90 Å². The molecule has 14 heavy (non-hydrogen) atoms. The highest BCUT2D eigenvalue weighted by Crippen LogP contribution is 2.30. The van der Waals surface area contributed by atoms with E-state index in [9.17, 15) is 8.42 Å². The van der Waals surface area contributed by atoms with Crippen molar-refractivity contribution < 1.29 is 8.42 Å². The van der Waals surface area contributed by atoms with Gasteiger partial charge in [0.25, 0.3) is 0 Å². The molecule has 82 valence electrons. The summed E-state index contributed by atoms with van der Waals surface area (Å²) in [6.07, 6.45) is 5.81. The summed E-state index contributed by atoms with van der Waals surface area (Å²) in [5.74, 6) is 0.921. The van der Waals surface area contributed by atoms with E-state index in [1.807, 2.05) is 0 Å². The van der Waals surface area contributed by atoms with Crippen LogP contribution >= 0.6 is 0 Å². The molecule has 1 saturated heterocycles. The molecule has 2 rings (SSSR count). The predicted octanol–water partition coefficient (Wildman–Crippen LogP) is 0.905. The van der Waals surface area contributed by atoms with Gasteiger partial charge in [-0.25, -0.2) is 8.42 Å². The quantitative estimate of drug-likeness (QED) is 0.705. The van der Waals surface area contributed by atoms with Gasteiger partial charge in [-0.3, -0.25) is 0 Å². The smallest absolute Gasteiger partial charge is 0.150 e. The van der Waals surface area contributed by atoms with Gasteiger partial charge in [0.05, 0.1) is 5.25 Å². The van der Waals surface area contributed by atoms with Gasteiger partial charge in [-0.1, -0.05) is 0 Å². The van der Waals surface area contributed by atoms with Crippen molar-refractivity contribution in [1.29, 1.82) is 0 Å². The number of hydrogen-bond acceptors (Lipinski definition) is 3. The van der Waals surface area contributed by atoms with Crippen molar-refractivity contribution in [3.63, 3.8) is 0 Å². The lowest BCUT2D eigenvalue weighted by Crippen LogP contribution is -2.39. The molecule has 1 heterocycles. The fraction of sp³-hybridized carbons (Fsp3) is 1.00. The van der Waals surface area contributed by atoms with Gasteiger partial charge in [0.1, 0.15) is 9.84 Å². The van der Waals surface area contributed by atoms with Gasteiger partial charge in [0.2, 0.25) is 0 Å². The standard InChI is InChI=1S/C10H19NO2S/c1-14(12,13)10-4-6-11(7-5-10)8-9-2-3-9/h9-10H,2-8H2,1H3. The van der Waals surface area contributed by atoms with Crippen LogP contribution in [-0.2, 0) is 9.84 Å². The lowest BCUT2D eigenvalue weighted by molar-refractivity contribution is 0.221. The second-order valence-electron chi connectivity index (χ2n) is 4.77. The summed E-state index contributed by atoms with van der Waals surface area (Å²) < 4.78 is 22.6. The Bertz CT molecular complexity index is 287. The number of piperidine rings is 1. The van der Waals surface area contributed by atoms with E-state index in [-0.39, 0.29) is 5.25 Å². The van der Waals surface area contributed by atoms with Gasteiger partial charge < -0.3 is 4.90 Å². The average molecular weight is 217 g/mol. The molecule has 0 unspecified atom stereocenters. The Morgan fingerprint density at radius 2 is 1.71 bits per heavy atom. The van der Waals surface area contributed by atoms with Crippen LogP contribution < -0.4 is 0 Å². The van der Waals surface area contributed by atoms with E-state index in [0.717, 1.165) is 31.8 Å². The lowest BCUT2D eigenvalue weighted by atomic mass is 10.1. The van der Waals surface area contributed by atoms with Crippen LogP contribution in [0.25, 0.3) is 0 Å². The van der Waals surface area contributed by atoms with Crippen LogP contribution in [0.5, 0.6) is 0 Å². The van der Waals surface area contributed by atoms with E-state index in [0.29, 0.717) is 0 Å². The maximum atomic E-state index is 11.3. The van der Waals surface area contributed by atoms with E-state index in [2.05, 4.69) is 4.90 Å². The van der Waals surface area contributed by atoms with Crippen LogP contribution in [-0.4, -0.2) is 44.5 Å². The molecule has 0 spiro atoms. The van der Waals surface area contributed by atoms with Crippen molar-refractivity contribution in [3.05, 3.63) is 0 Å².